The van der Waals surface area contributed by atoms with E-state index in [-0.39, 0.29) is 22.8 Å². The molecule has 0 aliphatic carbocycles. The van der Waals surface area contributed by atoms with Crippen molar-refractivity contribution in [2.45, 2.75) is 32.9 Å². The van der Waals surface area contributed by atoms with Crippen LogP contribution in [-0.2, 0) is 10.1 Å². The van der Waals surface area contributed by atoms with Crippen LogP contribution in [0.2, 0.25) is 0 Å². The molecule has 0 bridgehead atoms. The Morgan fingerprint density at radius 2 is 1.16 bits per heavy atom. The number of thioether (sulfide) groups is 1. The van der Waals surface area contributed by atoms with Crippen LogP contribution in [0.3, 0.4) is 0 Å². The highest BCUT2D eigenvalue weighted by molar-refractivity contribution is 8.00. The molecular weight excluding hydrogens is 899 g/mol. The van der Waals surface area contributed by atoms with Gasteiger partial charge in [0.05, 0.1) is 53.5 Å². The van der Waals surface area contributed by atoms with E-state index in [0.29, 0.717) is 70.4 Å². The molecule has 61 heavy (non-hydrogen) atoms. The van der Waals surface area contributed by atoms with Crippen molar-refractivity contribution in [3.05, 3.63) is 47.2 Å². The Morgan fingerprint density at radius 3 is 1.57 bits per heavy atom. The third kappa shape index (κ3) is 10.3. The van der Waals surface area contributed by atoms with Crippen LogP contribution in [0.25, 0.3) is 20.4 Å². The Morgan fingerprint density at radius 1 is 0.705 bits per heavy atom. The fourth-order valence-corrected chi connectivity index (χ4v) is 10.9. The molecule has 0 aliphatic heterocycles. The van der Waals surface area contributed by atoms with E-state index in [1.165, 1.54) is 45.7 Å². The highest BCUT2D eigenvalue weighted by Crippen LogP contribution is 2.44. The lowest BCUT2D eigenvalue weighted by Gasteiger charge is -2.25. The summed E-state index contributed by atoms with van der Waals surface area (Å²) in [5.74, 6) is 0.878. The molecule has 3 N–H and O–H groups in total. The molecule has 18 nitrogen and oxygen atoms in total. The SMILES string of the molecule is CCN(CC)c1cc(Nc2nc(Nc3cc(N(CC)CC)c(OC)cc3/N=N/c3snc4sccc34)nc(SCCS(=O)(=O)O)n2)c(/N=N/c2snc3sccc23)cc1OC. The maximum absolute atomic E-state index is 11.7. The van der Waals surface area contributed by atoms with Crippen LogP contribution in [0.1, 0.15) is 27.7 Å². The maximum Gasteiger partial charge on any atom is 0.265 e. The smallest absolute Gasteiger partial charge is 0.265 e. The number of ether oxygens (including phenoxy) is 2. The number of hydrogen-bond donors (Lipinski definition) is 3. The molecule has 24 heteroatoms. The molecular formula is C37H41N13O5S6. The van der Waals surface area contributed by atoms with E-state index in [2.05, 4.69) is 87.3 Å². The summed E-state index contributed by atoms with van der Waals surface area (Å²) in [6, 6.07) is 11.3. The molecule has 0 atom stereocenters. The second-order valence-electron chi connectivity index (χ2n) is 12.7. The summed E-state index contributed by atoms with van der Waals surface area (Å²) in [6.07, 6.45) is 0. The zero-order chi connectivity index (χ0) is 43.1. The van der Waals surface area contributed by atoms with Crippen molar-refractivity contribution in [2.24, 2.45) is 20.5 Å². The number of thiophene rings is 2. The quantitative estimate of drug-likeness (QED) is 0.0368. The fourth-order valence-electron chi connectivity index (χ4n) is 6.12. The Labute approximate surface area is 372 Å². The van der Waals surface area contributed by atoms with Crippen molar-refractivity contribution in [1.29, 1.82) is 0 Å². The third-order valence-electron chi connectivity index (χ3n) is 9.16. The summed E-state index contributed by atoms with van der Waals surface area (Å²) in [4.78, 5) is 20.2. The molecule has 0 aliphatic rings. The molecule has 0 saturated carbocycles. The van der Waals surface area contributed by atoms with Crippen LogP contribution in [0.5, 0.6) is 11.5 Å². The van der Waals surface area contributed by atoms with Gasteiger partial charge in [-0.3, -0.25) is 4.55 Å². The monoisotopic (exact) mass is 939 g/mol. The van der Waals surface area contributed by atoms with E-state index < -0.39 is 15.9 Å². The second-order valence-corrected chi connectivity index (χ2v) is 18.7. The number of aromatic nitrogens is 5. The van der Waals surface area contributed by atoms with Crippen LogP contribution in [0, 0.1) is 0 Å². The molecule has 0 saturated heterocycles. The van der Waals surface area contributed by atoms with E-state index in [9.17, 15) is 13.0 Å². The minimum absolute atomic E-state index is 0.0260. The molecule has 0 unspecified atom stereocenters. The predicted molar refractivity (Wildman–Crippen MR) is 250 cm³/mol. The lowest BCUT2D eigenvalue weighted by atomic mass is 10.2. The van der Waals surface area contributed by atoms with Crippen LogP contribution >= 0.6 is 57.5 Å². The highest BCUT2D eigenvalue weighted by Gasteiger charge is 2.20. The summed E-state index contributed by atoms with van der Waals surface area (Å²) in [5, 5.41) is 32.4. The van der Waals surface area contributed by atoms with E-state index in [4.69, 9.17) is 14.5 Å². The molecule has 0 fully saturated rings. The normalized spacial score (nSPS) is 12.0. The molecule has 0 spiro atoms. The van der Waals surface area contributed by atoms with E-state index >= 15 is 0 Å². The van der Waals surface area contributed by atoms with Crippen molar-refractivity contribution >= 4 is 144 Å². The maximum atomic E-state index is 11.7. The molecule has 2 aromatic carbocycles. The number of benzene rings is 2. The summed E-state index contributed by atoms with van der Waals surface area (Å²) in [5.41, 5.74) is 3.50. The lowest BCUT2D eigenvalue weighted by molar-refractivity contribution is 0.414. The number of nitrogens with one attached hydrogen (secondary N) is 2. The Bertz CT molecular complexity index is 2630. The van der Waals surface area contributed by atoms with Gasteiger partial charge in [0, 0.05) is 44.1 Å². The Kier molecular flexibility index (Phi) is 14.2. The van der Waals surface area contributed by atoms with Crippen LogP contribution in [0.15, 0.2) is 72.8 Å². The summed E-state index contributed by atoms with van der Waals surface area (Å²) >= 11 is 6.62. The lowest BCUT2D eigenvalue weighted by Crippen LogP contribution is -2.22. The first-order valence-corrected chi connectivity index (χ1v) is 24.8. The first-order chi connectivity index (χ1) is 29.5. The first-order valence-electron chi connectivity index (χ1n) is 18.9. The Hall–Kier alpha value is -5.11. The van der Waals surface area contributed by atoms with Crippen molar-refractivity contribution in [3.63, 3.8) is 0 Å². The number of fused-ring (bicyclic) bond motifs is 2. The number of hydrogen-bond acceptors (Lipinski definition) is 22. The number of anilines is 6. The van der Waals surface area contributed by atoms with Crippen molar-refractivity contribution in [1.82, 2.24) is 23.7 Å². The molecule has 5 heterocycles. The molecule has 320 valence electrons. The van der Waals surface area contributed by atoms with Gasteiger partial charge in [-0.1, -0.05) is 11.8 Å². The van der Waals surface area contributed by atoms with Crippen molar-refractivity contribution in [3.8, 4) is 11.5 Å². The van der Waals surface area contributed by atoms with Gasteiger partial charge in [0.25, 0.3) is 10.1 Å². The molecule has 0 radical (unpaired) electrons. The first kappa shape index (κ1) is 44.0. The minimum Gasteiger partial charge on any atom is -0.494 e. The van der Waals surface area contributed by atoms with Gasteiger partial charge in [-0.2, -0.15) is 32.1 Å². The molecule has 7 aromatic rings. The van der Waals surface area contributed by atoms with Gasteiger partial charge < -0.3 is 29.9 Å². The third-order valence-corrected chi connectivity index (χ3v) is 14.3. The number of methoxy groups -OCH3 is 2. The van der Waals surface area contributed by atoms with Gasteiger partial charge in [-0.05, 0) is 85.8 Å². The predicted octanol–water partition coefficient (Wildman–Crippen LogP) is 11.2. The Balaban J connectivity index is 1.33. The molecule has 7 rings (SSSR count). The van der Waals surface area contributed by atoms with Gasteiger partial charge in [0.2, 0.25) is 11.9 Å². The number of azo groups is 2. The van der Waals surface area contributed by atoms with E-state index in [0.717, 1.165) is 43.6 Å². The van der Waals surface area contributed by atoms with Gasteiger partial charge in [-0.15, -0.1) is 43.1 Å². The van der Waals surface area contributed by atoms with Crippen molar-refractivity contribution in [2.75, 3.05) is 72.3 Å². The van der Waals surface area contributed by atoms with Crippen LogP contribution < -0.4 is 29.9 Å². The van der Waals surface area contributed by atoms with Crippen molar-refractivity contribution < 1.29 is 22.4 Å². The van der Waals surface area contributed by atoms with Gasteiger partial charge in [0.15, 0.2) is 15.2 Å². The van der Waals surface area contributed by atoms with E-state index in [1.54, 1.807) is 26.4 Å². The summed E-state index contributed by atoms with van der Waals surface area (Å²) in [6.45, 7) is 11.0. The zero-order valence-corrected chi connectivity index (χ0v) is 38.7. The molecule has 0 amide bonds. The summed E-state index contributed by atoms with van der Waals surface area (Å²) in [7, 11) is -1.04. The number of rotatable bonds is 20. The highest BCUT2D eigenvalue weighted by atomic mass is 32.2. The second kappa shape index (κ2) is 19.7. The van der Waals surface area contributed by atoms with Crippen LogP contribution in [-0.4, -0.2) is 88.6 Å². The van der Waals surface area contributed by atoms with Crippen LogP contribution in [0.4, 0.5) is 56.0 Å². The topological polar surface area (TPSA) is 217 Å². The fraction of sp³-hybridized carbons (Fsp3) is 0.324. The average molecular weight is 940 g/mol. The minimum atomic E-state index is -4.25. The van der Waals surface area contributed by atoms with Gasteiger partial charge in [0.1, 0.15) is 32.5 Å². The number of nitrogens with zero attached hydrogens (tertiary/aromatic N) is 11. The molecule has 5 aromatic heterocycles. The summed E-state index contributed by atoms with van der Waals surface area (Å²) < 4.78 is 53.5. The van der Waals surface area contributed by atoms with Gasteiger partial charge >= 0.3 is 0 Å². The van der Waals surface area contributed by atoms with Gasteiger partial charge in [-0.25, -0.2) is 0 Å². The zero-order valence-electron chi connectivity index (χ0n) is 33.8. The standard InChI is InChI=1S/C37H41N13O5S6/c1-7-49(8-2)27-17-23(25(19-29(27)54-5)43-45-31-21-11-13-56-33(21)47-59-31)38-35-40-36(42-37(41-35)58-15-16-61(51,52)53)39-24-18-28(50(9-3)10-4)30(55-6)20-26(24)44-46-32-22-12-14-57-34(22)48-60-32/h11-14,17-20H,7-10,15-16H2,1-6H3,(H,51,52,53)(H2,38,39,40,41,42)/b45-43+,46-44+. The average Bonchev–Trinajstić information content (AvgIpc) is 4.06. The largest absolute Gasteiger partial charge is 0.494 e. The van der Waals surface area contributed by atoms with E-state index in [1.807, 2.05) is 35.0 Å².